The van der Waals surface area contributed by atoms with Gasteiger partial charge < -0.3 is 5.32 Å². The molecule has 1 saturated heterocycles. The highest BCUT2D eigenvalue weighted by Crippen LogP contribution is 2.54. The van der Waals surface area contributed by atoms with Gasteiger partial charge in [0.25, 0.3) is 5.91 Å². The maximum atomic E-state index is 13.1. The van der Waals surface area contributed by atoms with Crippen LogP contribution in [0.15, 0.2) is 35.7 Å². The largest absolute Gasteiger partial charge is 0.325 e. The lowest BCUT2D eigenvalue weighted by Gasteiger charge is -2.26. The second-order valence-electron chi connectivity index (χ2n) is 7.25. The minimum Gasteiger partial charge on any atom is -0.323 e. The van der Waals surface area contributed by atoms with Crippen molar-refractivity contribution in [3.05, 3.63) is 41.4 Å². The molecule has 1 aromatic carbocycles. The number of benzene rings is 1. The quantitative estimate of drug-likeness (QED) is 0.838. The van der Waals surface area contributed by atoms with Gasteiger partial charge in [0.1, 0.15) is 10.5 Å². The molecule has 6 heteroatoms. The van der Waals surface area contributed by atoms with Gasteiger partial charge in [0.05, 0.1) is 12.2 Å². The first kappa shape index (κ1) is 15.1. The summed E-state index contributed by atoms with van der Waals surface area (Å²) in [6, 6.07) is 9.71. The van der Waals surface area contributed by atoms with E-state index in [9.17, 15) is 9.59 Å². The Balaban J connectivity index is 1.38. The highest BCUT2D eigenvalue weighted by atomic mass is 32.1. The summed E-state index contributed by atoms with van der Waals surface area (Å²) < 4.78 is 0. The van der Waals surface area contributed by atoms with Gasteiger partial charge >= 0.3 is 6.03 Å². The number of rotatable bonds is 5. The molecular weight excluding hydrogens is 334 g/mol. The van der Waals surface area contributed by atoms with E-state index in [0.717, 1.165) is 41.9 Å². The van der Waals surface area contributed by atoms with Gasteiger partial charge in [-0.15, -0.1) is 11.3 Å². The summed E-state index contributed by atoms with van der Waals surface area (Å²) in [5.41, 5.74) is 1.21. The number of urea groups is 1. The van der Waals surface area contributed by atoms with E-state index in [1.807, 2.05) is 35.7 Å². The van der Waals surface area contributed by atoms with Gasteiger partial charge in [0.2, 0.25) is 0 Å². The molecule has 2 heterocycles. The number of amides is 3. The second kappa shape index (κ2) is 5.39. The summed E-state index contributed by atoms with van der Waals surface area (Å²) in [5.74, 6) is 0.630. The molecule has 25 heavy (non-hydrogen) atoms. The third-order valence-electron chi connectivity index (χ3n) is 5.49. The van der Waals surface area contributed by atoms with E-state index in [-0.39, 0.29) is 18.5 Å². The number of thiazole rings is 1. The summed E-state index contributed by atoms with van der Waals surface area (Å²) in [4.78, 5) is 31.6. The molecule has 3 aliphatic rings. The Kier molecular flexibility index (Phi) is 3.25. The topological polar surface area (TPSA) is 62.3 Å². The van der Waals surface area contributed by atoms with Crippen LogP contribution in [0.5, 0.6) is 0 Å². The zero-order chi connectivity index (χ0) is 17.0. The van der Waals surface area contributed by atoms with E-state index in [0.29, 0.717) is 11.8 Å². The molecular formula is C19H19N3O2S. The van der Waals surface area contributed by atoms with Gasteiger partial charge in [-0.05, 0) is 37.5 Å². The monoisotopic (exact) mass is 353 g/mol. The number of imide groups is 1. The molecule has 5 nitrogen and oxygen atoms in total. The van der Waals surface area contributed by atoms with Crippen LogP contribution in [0.2, 0.25) is 0 Å². The van der Waals surface area contributed by atoms with E-state index in [2.05, 4.69) is 10.3 Å². The van der Waals surface area contributed by atoms with E-state index in [1.54, 1.807) is 11.3 Å². The van der Waals surface area contributed by atoms with E-state index in [1.165, 1.54) is 4.90 Å². The summed E-state index contributed by atoms with van der Waals surface area (Å²) in [6.07, 6.45) is 4.19. The van der Waals surface area contributed by atoms with E-state index >= 15 is 0 Å². The van der Waals surface area contributed by atoms with Crippen molar-refractivity contribution >= 4 is 23.3 Å². The average Bonchev–Trinajstić information content (AvgIpc) is 3.55. The SMILES string of the molecule is O=C1NC(C2CC2)(C2CC2)C(=O)N1Cc1csc(-c2ccccc2)n1. The van der Waals surface area contributed by atoms with Gasteiger partial charge in [-0.3, -0.25) is 9.69 Å². The summed E-state index contributed by atoms with van der Waals surface area (Å²) in [7, 11) is 0. The zero-order valence-corrected chi connectivity index (χ0v) is 14.6. The molecule has 0 atom stereocenters. The highest BCUT2D eigenvalue weighted by molar-refractivity contribution is 7.13. The molecule has 0 radical (unpaired) electrons. The number of hydrogen-bond acceptors (Lipinski definition) is 4. The van der Waals surface area contributed by atoms with Crippen LogP contribution in [-0.2, 0) is 11.3 Å². The van der Waals surface area contributed by atoms with Crippen molar-refractivity contribution in [2.75, 3.05) is 0 Å². The Morgan fingerprint density at radius 3 is 2.44 bits per heavy atom. The first-order valence-corrected chi connectivity index (χ1v) is 9.70. The van der Waals surface area contributed by atoms with Crippen molar-refractivity contribution in [1.82, 2.24) is 15.2 Å². The molecule has 5 rings (SSSR count). The lowest BCUT2D eigenvalue weighted by atomic mass is 9.87. The molecule has 1 aromatic heterocycles. The predicted molar refractivity (Wildman–Crippen MR) is 94.8 cm³/mol. The number of carbonyl (C=O) groups excluding carboxylic acids is 2. The fraction of sp³-hybridized carbons (Fsp3) is 0.421. The third-order valence-corrected chi connectivity index (χ3v) is 6.43. The molecule has 0 unspecified atom stereocenters. The van der Waals surface area contributed by atoms with Crippen LogP contribution in [0, 0.1) is 11.8 Å². The van der Waals surface area contributed by atoms with Crippen LogP contribution in [0.1, 0.15) is 31.4 Å². The van der Waals surface area contributed by atoms with Crippen molar-refractivity contribution in [3.8, 4) is 10.6 Å². The maximum Gasteiger partial charge on any atom is 0.325 e. The standard InChI is InChI=1S/C19H19N3O2S/c23-17-19(13-6-7-13,14-8-9-14)21-18(24)22(17)10-15-11-25-16(20-15)12-4-2-1-3-5-12/h1-5,11,13-14H,6-10H2,(H,21,24). The van der Waals surface area contributed by atoms with Crippen molar-refractivity contribution in [3.63, 3.8) is 0 Å². The summed E-state index contributed by atoms with van der Waals surface area (Å²) >= 11 is 1.54. The number of carbonyl (C=O) groups is 2. The fourth-order valence-electron chi connectivity index (χ4n) is 3.98. The number of hydrogen-bond donors (Lipinski definition) is 1. The Hall–Kier alpha value is -2.21. The summed E-state index contributed by atoms with van der Waals surface area (Å²) in [6.45, 7) is 0.259. The molecule has 2 aromatic rings. The lowest BCUT2D eigenvalue weighted by Crippen LogP contribution is -2.51. The van der Waals surface area contributed by atoms with Crippen LogP contribution in [0.25, 0.3) is 10.6 Å². The second-order valence-corrected chi connectivity index (χ2v) is 8.11. The Bertz CT molecular complexity index is 827. The molecule has 3 fully saturated rings. The molecule has 0 bridgehead atoms. The Labute approximate surface area is 150 Å². The molecule has 2 aliphatic carbocycles. The van der Waals surface area contributed by atoms with Crippen molar-refractivity contribution in [2.45, 2.75) is 37.8 Å². The minimum atomic E-state index is -0.616. The zero-order valence-electron chi connectivity index (χ0n) is 13.8. The number of nitrogens with one attached hydrogen (secondary N) is 1. The predicted octanol–water partition coefficient (Wildman–Crippen LogP) is 3.42. The van der Waals surface area contributed by atoms with Crippen LogP contribution < -0.4 is 5.32 Å². The molecule has 0 spiro atoms. The summed E-state index contributed by atoms with van der Waals surface area (Å²) in [5, 5.41) is 5.92. The fourth-order valence-corrected chi connectivity index (χ4v) is 4.79. The van der Waals surface area contributed by atoms with Crippen LogP contribution >= 0.6 is 11.3 Å². The van der Waals surface area contributed by atoms with Gasteiger partial charge in [-0.1, -0.05) is 30.3 Å². The molecule has 1 N–H and O–H groups in total. The van der Waals surface area contributed by atoms with Gasteiger partial charge in [0, 0.05) is 10.9 Å². The van der Waals surface area contributed by atoms with Crippen LogP contribution in [0.4, 0.5) is 4.79 Å². The number of aromatic nitrogens is 1. The molecule has 3 amide bonds. The van der Waals surface area contributed by atoms with Crippen molar-refractivity contribution in [2.24, 2.45) is 11.8 Å². The van der Waals surface area contributed by atoms with Crippen LogP contribution in [-0.4, -0.2) is 27.4 Å². The minimum absolute atomic E-state index is 0.0308. The normalized spacial score (nSPS) is 22.3. The van der Waals surface area contributed by atoms with E-state index < -0.39 is 5.54 Å². The molecule has 2 saturated carbocycles. The first-order chi connectivity index (χ1) is 12.2. The third kappa shape index (κ3) is 2.39. The van der Waals surface area contributed by atoms with Gasteiger partial charge in [-0.2, -0.15) is 0 Å². The number of nitrogens with zero attached hydrogens (tertiary/aromatic N) is 2. The molecule has 1 aliphatic heterocycles. The highest BCUT2D eigenvalue weighted by Gasteiger charge is 2.65. The van der Waals surface area contributed by atoms with Crippen molar-refractivity contribution < 1.29 is 9.59 Å². The Morgan fingerprint density at radius 1 is 1.12 bits per heavy atom. The Morgan fingerprint density at radius 2 is 1.80 bits per heavy atom. The maximum absolute atomic E-state index is 13.1. The van der Waals surface area contributed by atoms with Gasteiger partial charge in [-0.25, -0.2) is 9.78 Å². The van der Waals surface area contributed by atoms with Crippen LogP contribution in [0.3, 0.4) is 0 Å². The average molecular weight is 353 g/mol. The van der Waals surface area contributed by atoms with E-state index in [4.69, 9.17) is 0 Å². The van der Waals surface area contributed by atoms with Gasteiger partial charge in [0.15, 0.2) is 0 Å². The smallest absolute Gasteiger partial charge is 0.323 e. The first-order valence-electron chi connectivity index (χ1n) is 8.82. The molecule has 128 valence electrons. The van der Waals surface area contributed by atoms with Crippen molar-refractivity contribution in [1.29, 1.82) is 0 Å². The lowest BCUT2D eigenvalue weighted by molar-refractivity contribution is -0.133.